The summed E-state index contributed by atoms with van der Waals surface area (Å²) >= 11 is 0. The first kappa shape index (κ1) is 15.0. The number of aldehydes is 1. The number of carbonyl (C=O) groups excluding carboxylic acids is 2. The van der Waals surface area contributed by atoms with Crippen LogP contribution in [-0.4, -0.2) is 19.2 Å². The zero-order chi connectivity index (χ0) is 16.2. The Kier molecular flexibility index (Phi) is 4.20. The Balaban J connectivity index is 2.24. The van der Waals surface area contributed by atoms with Crippen LogP contribution in [0.25, 0.3) is 10.8 Å². The monoisotopic (exact) mass is 304 g/mol. The van der Waals surface area contributed by atoms with Crippen molar-refractivity contribution < 1.29 is 14.3 Å². The molecule has 0 amide bonds. The molecular weight excluding hydrogens is 288 g/mol. The number of benzene rings is 3. The summed E-state index contributed by atoms with van der Waals surface area (Å²) in [6, 6.07) is 18.5. The maximum Gasteiger partial charge on any atom is 0.193 e. The Morgan fingerprint density at radius 1 is 1.04 bits per heavy atom. The summed E-state index contributed by atoms with van der Waals surface area (Å²) in [6.07, 6.45) is 1.04. The van der Waals surface area contributed by atoms with Crippen molar-refractivity contribution in [1.29, 1.82) is 0 Å². The van der Waals surface area contributed by atoms with Crippen molar-refractivity contribution >= 4 is 22.8 Å². The van der Waals surface area contributed by atoms with E-state index in [-0.39, 0.29) is 12.2 Å². The molecule has 0 aliphatic heterocycles. The number of carbonyl (C=O) groups is 2. The van der Waals surface area contributed by atoms with Gasteiger partial charge in [-0.3, -0.25) is 4.79 Å². The second-order valence-electron chi connectivity index (χ2n) is 5.25. The van der Waals surface area contributed by atoms with Crippen LogP contribution in [0.3, 0.4) is 0 Å². The average Bonchev–Trinajstić information content (AvgIpc) is 2.61. The second kappa shape index (κ2) is 6.44. The Hall–Kier alpha value is -2.94. The maximum absolute atomic E-state index is 13.0. The summed E-state index contributed by atoms with van der Waals surface area (Å²) in [5, 5.41) is 1.75. The molecule has 0 fully saturated rings. The molecule has 0 aliphatic rings. The molecule has 0 aromatic heterocycles. The first-order valence-electron chi connectivity index (χ1n) is 7.37. The normalized spacial score (nSPS) is 10.5. The van der Waals surface area contributed by atoms with Gasteiger partial charge < -0.3 is 9.53 Å². The third-order valence-corrected chi connectivity index (χ3v) is 3.88. The fourth-order valence-corrected chi connectivity index (χ4v) is 2.74. The van der Waals surface area contributed by atoms with Crippen LogP contribution in [-0.2, 0) is 11.2 Å². The molecule has 0 aliphatic carbocycles. The van der Waals surface area contributed by atoms with Crippen LogP contribution in [0.4, 0.5) is 0 Å². The predicted molar refractivity (Wildman–Crippen MR) is 90.1 cm³/mol. The van der Waals surface area contributed by atoms with Gasteiger partial charge in [0.2, 0.25) is 0 Å². The zero-order valence-corrected chi connectivity index (χ0v) is 12.8. The predicted octanol–water partition coefficient (Wildman–Crippen LogP) is 3.82. The van der Waals surface area contributed by atoms with E-state index in [9.17, 15) is 9.59 Å². The smallest absolute Gasteiger partial charge is 0.193 e. The number of hydrogen-bond donors (Lipinski definition) is 0. The third-order valence-electron chi connectivity index (χ3n) is 3.88. The lowest BCUT2D eigenvalue weighted by Gasteiger charge is -2.12. The molecule has 0 heterocycles. The van der Waals surface area contributed by atoms with E-state index in [1.807, 2.05) is 48.5 Å². The largest absolute Gasteiger partial charge is 0.497 e. The molecule has 0 spiro atoms. The molecule has 0 N–H and O–H groups in total. The second-order valence-corrected chi connectivity index (χ2v) is 5.25. The first-order chi connectivity index (χ1) is 11.2. The van der Waals surface area contributed by atoms with E-state index in [1.165, 1.54) is 0 Å². The molecule has 3 aromatic rings. The number of hydrogen-bond acceptors (Lipinski definition) is 3. The number of methoxy groups -OCH3 is 1. The number of rotatable bonds is 5. The van der Waals surface area contributed by atoms with Crippen LogP contribution in [0.15, 0.2) is 60.7 Å². The van der Waals surface area contributed by atoms with Crippen molar-refractivity contribution in [2.75, 3.05) is 7.11 Å². The summed E-state index contributed by atoms with van der Waals surface area (Å²) < 4.78 is 5.24. The summed E-state index contributed by atoms with van der Waals surface area (Å²) in [5.74, 6) is 0.664. The Bertz CT molecular complexity index is 867. The molecular formula is C20H16O3. The minimum atomic E-state index is -0.0711. The van der Waals surface area contributed by atoms with Crippen molar-refractivity contribution in [3.05, 3.63) is 77.4 Å². The highest BCUT2D eigenvalue weighted by Crippen LogP contribution is 2.28. The van der Waals surface area contributed by atoms with Crippen molar-refractivity contribution in [3.8, 4) is 5.75 Å². The van der Waals surface area contributed by atoms with Gasteiger partial charge in [-0.2, -0.15) is 0 Å². The summed E-state index contributed by atoms with van der Waals surface area (Å²) in [4.78, 5) is 24.0. The van der Waals surface area contributed by atoms with Crippen molar-refractivity contribution in [3.63, 3.8) is 0 Å². The highest BCUT2D eigenvalue weighted by Gasteiger charge is 2.17. The van der Waals surface area contributed by atoms with E-state index in [4.69, 9.17) is 4.74 Å². The number of ether oxygens (including phenoxy) is 1. The van der Waals surface area contributed by atoms with Crippen LogP contribution < -0.4 is 4.74 Å². The number of fused-ring (bicyclic) bond motifs is 1. The van der Waals surface area contributed by atoms with Crippen LogP contribution in [0.2, 0.25) is 0 Å². The zero-order valence-electron chi connectivity index (χ0n) is 12.8. The minimum absolute atomic E-state index is 0.0711. The number of ketones is 1. The van der Waals surface area contributed by atoms with Gasteiger partial charge >= 0.3 is 0 Å². The quantitative estimate of drug-likeness (QED) is 0.531. The van der Waals surface area contributed by atoms with Crippen molar-refractivity contribution in [1.82, 2.24) is 0 Å². The van der Waals surface area contributed by atoms with E-state index in [0.29, 0.717) is 11.1 Å². The highest BCUT2D eigenvalue weighted by molar-refractivity contribution is 6.17. The molecule has 0 radical (unpaired) electrons. The van der Waals surface area contributed by atoms with E-state index >= 15 is 0 Å². The van der Waals surface area contributed by atoms with E-state index in [0.717, 1.165) is 28.4 Å². The van der Waals surface area contributed by atoms with E-state index in [2.05, 4.69) is 0 Å². The Morgan fingerprint density at radius 3 is 2.52 bits per heavy atom. The molecule has 3 rings (SSSR count). The average molecular weight is 304 g/mol. The van der Waals surface area contributed by atoms with Gasteiger partial charge in [0.1, 0.15) is 12.0 Å². The van der Waals surface area contributed by atoms with Gasteiger partial charge in [0.25, 0.3) is 0 Å². The van der Waals surface area contributed by atoms with Gasteiger partial charge in [-0.1, -0.05) is 42.5 Å². The molecule has 0 saturated heterocycles. The molecule has 0 atom stereocenters. The van der Waals surface area contributed by atoms with Crippen molar-refractivity contribution in [2.45, 2.75) is 6.42 Å². The van der Waals surface area contributed by atoms with Crippen LogP contribution in [0, 0.1) is 0 Å². The highest BCUT2D eigenvalue weighted by atomic mass is 16.5. The SMILES string of the molecule is COc1ccc2c(C(=O)c3ccccc3)c(CC=O)ccc2c1. The van der Waals surface area contributed by atoms with Gasteiger partial charge in [0, 0.05) is 17.5 Å². The van der Waals surface area contributed by atoms with E-state index < -0.39 is 0 Å². The molecule has 3 aromatic carbocycles. The van der Waals surface area contributed by atoms with Gasteiger partial charge in [-0.15, -0.1) is 0 Å². The lowest BCUT2D eigenvalue weighted by molar-refractivity contribution is -0.107. The molecule has 0 bridgehead atoms. The standard InChI is InChI=1S/C20H16O3/c1-23-17-9-10-18-16(13-17)8-7-14(11-12-21)19(18)20(22)15-5-3-2-4-6-15/h2-10,12-13H,11H2,1H3. The first-order valence-corrected chi connectivity index (χ1v) is 7.37. The van der Waals surface area contributed by atoms with Gasteiger partial charge in [0.05, 0.1) is 7.11 Å². The Morgan fingerprint density at radius 2 is 1.83 bits per heavy atom. The van der Waals surface area contributed by atoms with Crippen molar-refractivity contribution in [2.24, 2.45) is 0 Å². The van der Waals surface area contributed by atoms with Gasteiger partial charge in [-0.05, 0) is 34.5 Å². The minimum Gasteiger partial charge on any atom is -0.497 e. The maximum atomic E-state index is 13.0. The van der Waals surface area contributed by atoms with Gasteiger partial charge in [0.15, 0.2) is 5.78 Å². The van der Waals surface area contributed by atoms with E-state index in [1.54, 1.807) is 19.2 Å². The molecule has 23 heavy (non-hydrogen) atoms. The topological polar surface area (TPSA) is 43.4 Å². The molecule has 0 unspecified atom stereocenters. The lowest BCUT2D eigenvalue weighted by Crippen LogP contribution is -2.07. The van der Waals surface area contributed by atoms with Crippen LogP contribution in [0.1, 0.15) is 21.5 Å². The van der Waals surface area contributed by atoms with Gasteiger partial charge in [-0.25, -0.2) is 0 Å². The molecule has 3 nitrogen and oxygen atoms in total. The third kappa shape index (κ3) is 2.86. The fraction of sp³-hybridized carbons (Fsp3) is 0.100. The summed E-state index contributed by atoms with van der Waals surface area (Å²) in [7, 11) is 1.61. The molecule has 114 valence electrons. The molecule has 0 saturated carbocycles. The lowest BCUT2D eigenvalue weighted by atomic mass is 9.91. The van der Waals surface area contributed by atoms with Crippen LogP contribution >= 0.6 is 0 Å². The molecule has 3 heteroatoms. The van der Waals surface area contributed by atoms with Crippen LogP contribution in [0.5, 0.6) is 5.75 Å². The Labute approximate surface area is 134 Å². The summed E-state index contributed by atoms with van der Waals surface area (Å²) in [6.45, 7) is 0. The fourth-order valence-electron chi connectivity index (χ4n) is 2.74. The summed E-state index contributed by atoms with van der Waals surface area (Å²) in [5.41, 5.74) is 1.94.